The largest absolute Gasteiger partial charge is 0.466 e. The van der Waals surface area contributed by atoms with E-state index in [0.717, 1.165) is 19.3 Å². The molecule has 1 atom stereocenters. The first kappa shape index (κ1) is 27.7. The predicted molar refractivity (Wildman–Crippen MR) is 130 cm³/mol. The van der Waals surface area contributed by atoms with E-state index in [4.69, 9.17) is 15.9 Å². The molecule has 0 saturated heterocycles. The van der Waals surface area contributed by atoms with Crippen molar-refractivity contribution in [2.75, 3.05) is 19.7 Å². The Hall–Kier alpha value is -3.54. The van der Waals surface area contributed by atoms with Crippen LogP contribution in [0.3, 0.4) is 0 Å². The standard InChI is InChI=1S/C26H35N3O6/c1-6-18-11-13-19(14-12-18)23(24(32)27-16-15-22(31)34-7-2)29(20-9-8-10-20)21(30)17-28-25(33)35-26(3,4)5/h1,11-14,20,23H,7-10,15-17H2,2-5H3,(H,27,32)(H,28,33). The summed E-state index contributed by atoms with van der Waals surface area (Å²) in [5.41, 5.74) is 0.513. The van der Waals surface area contributed by atoms with Gasteiger partial charge in [0.2, 0.25) is 11.8 Å². The van der Waals surface area contributed by atoms with E-state index in [0.29, 0.717) is 11.1 Å². The summed E-state index contributed by atoms with van der Waals surface area (Å²) < 4.78 is 10.1. The van der Waals surface area contributed by atoms with Crippen LogP contribution in [0.2, 0.25) is 0 Å². The van der Waals surface area contributed by atoms with Crippen molar-refractivity contribution in [1.29, 1.82) is 0 Å². The highest BCUT2D eigenvalue weighted by molar-refractivity contribution is 5.91. The van der Waals surface area contributed by atoms with Crippen LogP contribution in [0.1, 0.15) is 70.5 Å². The topological polar surface area (TPSA) is 114 Å². The maximum atomic E-state index is 13.3. The molecule has 0 spiro atoms. The normalized spacial score (nSPS) is 14.0. The molecule has 0 radical (unpaired) electrons. The van der Waals surface area contributed by atoms with E-state index < -0.39 is 35.5 Å². The lowest BCUT2D eigenvalue weighted by molar-refractivity contribution is -0.146. The second-order valence-electron chi connectivity index (χ2n) is 9.26. The number of ether oxygens (including phenoxy) is 2. The molecule has 9 nitrogen and oxygen atoms in total. The zero-order valence-electron chi connectivity index (χ0n) is 20.9. The molecular formula is C26H35N3O6. The summed E-state index contributed by atoms with van der Waals surface area (Å²) in [6.45, 7) is 6.90. The van der Waals surface area contributed by atoms with Gasteiger partial charge in [-0.25, -0.2) is 4.79 Å². The molecule has 0 aliphatic heterocycles. The third-order valence-corrected chi connectivity index (χ3v) is 5.39. The summed E-state index contributed by atoms with van der Waals surface area (Å²) in [5.74, 6) is 1.28. The van der Waals surface area contributed by atoms with Crippen LogP contribution in [0.5, 0.6) is 0 Å². The molecular weight excluding hydrogens is 450 g/mol. The van der Waals surface area contributed by atoms with Crippen molar-refractivity contribution in [2.45, 2.75) is 71.1 Å². The van der Waals surface area contributed by atoms with E-state index in [1.807, 2.05) is 0 Å². The molecule has 1 aliphatic carbocycles. The van der Waals surface area contributed by atoms with Gasteiger partial charge < -0.3 is 25.0 Å². The number of carbonyl (C=O) groups excluding carboxylic acids is 4. The summed E-state index contributed by atoms with van der Waals surface area (Å²) >= 11 is 0. The van der Waals surface area contributed by atoms with Crippen molar-refractivity contribution >= 4 is 23.9 Å². The maximum Gasteiger partial charge on any atom is 0.408 e. The summed E-state index contributed by atoms with van der Waals surface area (Å²) in [5, 5.41) is 5.23. The lowest BCUT2D eigenvalue weighted by Gasteiger charge is -2.42. The molecule has 0 aromatic heterocycles. The molecule has 190 valence electrons. The molecule has 0 bridgehead atoms. The van der Waals surface area contributed by atoms with Gasteiger partial charge in [-0.05, 0) is 64.7 Å². The molecule has 2 rings (SSSR count). The van der Waals surface area contributed by atoms with E-state index in [9.17, 15) is 19.2 Å². The van der Waals surface area contributed by atoms with Crippen molar-refractivity contribution in [2.24, 2.45) is 0 Å². The average Bonchev–Trinajstić information content (AvgIpc) is 2.75. The van der Waals surface area contributed by atoms with E-state index >= 15 is 0 Å². The predicted octanol–water partition coefficient (Wildman–Crippen LogP) is 2.68. The van der Waals surface area contributed by atoms with Crippen molar-refractivity contribution < 1.29 is 28.7 Å². The van der Waals surface area contributed by atoms with Crippen LogP contribution >= 0.6 is 0 Å². The fourth-order valence-corrected chi connectivity index (χ4v) is 3.59. The van der Waals surface area contributed by atoms with E-state index in [1.54, 1.807) is 52.0 Å². The van der Waals surface area contributed by atoms with Gasteiger partial charge >= 0.3 is 12.1 Å². The van der Waals surface area contributed by atoms with Crippen LogP contribution < -0.4 is 10.6 Å². The summed E-state index contributed by atoms with van der Waals surface area (Å²) in [6.07, 6.45) is 7.18. The molecule has 1 aromatic rings. The van der Waals surface area contributed by atoms with Gasteiger partial charge in [-0.1, -0.05) is 18.1 Å². The third kappa shape index (κ3) is 8.63. The van der Waals surface area contributed by atoms with Gasteiger partial charge in [-0.2, -0.15) is 0 Å². The number of hydrogen-bond acceptors (Lipinski definition) is 6. The minimum Gasteiger partial charge on any atom is -0.466 e. The number of benzene rings is 1. The van der Waals surface area contributed by atoms with Gasteiger partial charge in [-0.3, -0.25) is 14.4 Å². The molecule has 3 amide bonds. The number of esters is 1. The second kappa shape index (κ2) is 12.8. The van der Waals surface area contributed by atoms with E-state index in [2.05, 4.69) is 16.6 Å². The van der Waals surface area contributed by atoms with Gasteiger partial charge in [0.15, 0.2) is 0 Å². The highest BCUT2D eigenvalue weighted by Gasteiger charge is 2.38. The van der Waals surface area contributed by atoms with Crippen LogP contribution in [0, 0.1) is 12.3 Å². The fraction of sp³-hybridized carbons (Fsp3) is 0.538. The lowest BCUT2D eigenvalue weighted by atomic mass is 9.88. The van der Waals surface area contributed by atoms with E-state index in [-0.39, 0.29) is 32.2 Å². The van der Waals surface area contributed by atoms with Crippen LogP contribution in [0.15, 0.2) is 24.3 Å². The zero-order chi connectivity index (χ0) is 26.0. The van der Waals surface area contributed by atoms with E-state index in [1.165, 1.54) is 4.90 Å². The van der Waals surface area contributed by atoms with Crippen LogP contribution in [-0.4, -0.2) is 60.1 Å². The molecule has 1 fully saturated rings. The Morgan fingerprint density at radius 1 is 1.14 bits per heavy atom. The van der Waals surface area contributed by atoms with Gasteiger partial charge in [0.25, 0.3) is 0 Å². The number of nitrogens with zero attached hydrogens (tertiary/aromatic N) is 1. The molecule has 35 heavy (non-hydrogen) atoms. The molecule has 1 saturated carbocycles. The monoisotopic (exact) mass is 485 g/mol. The Kier molecular flexibility index (Phi) is 10.1. The number of rotatable bonds is 10. The highest BCUT2D eigenvalue weighted by Crippen LogP contribution is 2.33. The third-order valence-electron chi connectivity index (χ3n) is 5.39. The van der Waals surface area contributed by atoms with Gasteiger partial charge in [0.1, 0.15) is 18.2 Å². The molecule has 1 aromatic carbocycles. The first-order valence-corrected chi connectivity index (χ1v) is 11.8. The summed E-state index contributed by atoms with van der Waals surface area (Å²) in [6, 6.07) is 5.72. The lowest BCUT2D eigenvalue weighted by Crippen LogP contribution is -2.54. The van der Waals surface area contributed by atoms with Crippen LogP contribution in [0.4, 0.5) is 4.79 Å². The zero-order valence-corrected chi connectivity index (χ0v) is 20.9. The molecule has 1 aliphatic rings. The Labute approximate surface area is 206 Å². The Bertz CT molecular complexity index is 941. The average molecular weight is 486 g/mol. The van der Waals surface area contributed by atoms with Crippen molar-refractivity contribution in [3.8, 4) is 12.3 Å². The molecule has 9 heteroatoms. The number of nitrogens with one attached hydrogen (secondary N) is 2. The Morgan fingerprint density at radius 2 is 1.80 bits per heavy atom. The van der Waals surface area contributed by atoms with Crippen LogP contribution in [0.25, 0.3) is 0 Å². The molecule has 1 unspecified atom stereocenters. The SMILES string of the molecule is C#Cc1ccc(C(C(=O)NCCC(=O)OCC)N(C(=O)CNC(=O)OC(C)(C)C)C2CCC2)cc1. The summed E-state index contributed by atoms with van der Waals surface area (Å²) in [4.78, 5) is 52.0. The number of hydrogen-bond donors (Lipinski definition) is 2. The number of alkyl carbamates (subject to hydrolysis) is 1. The Morgan fingerprint density at radius 3 is 2.31 bits per heavy atom. The second-order valence-corrected chi connectivity index (χ2v) is 9.26. The van der Waals surface area contributed by atoms with Gasteiger partial charge in [0.05, 0.1) is 13.0 Å². The Balaban J connectivity index is 2.25. The number of carbonyl (C=O) groups is 4. The smallest absolute Gasteiger partial charge is 0.408 e. The first-order valence-electron chi connectivity index (χ1n) is 11.8. The number of amides is 3. The summed E-state index contributed by atoms with van der Waals surface area (Å²) in [7, 11) is 0. The fourth-order valence-electron chi connectivity index (χ4n) is 3.59. The maximum absolute atomic E-state index is 13.3. The van der Waals surface area contributed by atoms with Crippen molar-refractivity contribution in [3.63, 3.8) is 0 Å². The first-order chi connectivity index (χ1) is 16.6. The molecule has 2 N–H and O–H groups in total. The van der Waals surface area contributed by atoms with Gasteiger partial charge in [0, 0.05) is 18.2 Å². The molecule has 0 heterocycles. The van der Waals surface area contributed by atoms with Crippen molar-refractivity contribution in [1.82, 2.24) is 15.5 Å². The number of terminal acetylenes is 1. The highest BCUT2D eigenvalue weighted by atomic mass is 16.6. The van der Waals surface area contributed by atoms with Crippen molar-refractivity contribution in [3.05, 3.63) is 35.4 Å². The van der Waals surface area contributed by atoms with Gasteiger partial charge in [-0.15, -0.1) is 6.42 Å². The quantitative estimate of drug-likeness (QED) is 0.389. The van der Waals surface area contributed by atoms with Crippen LogP contribution in [-0.2, 0) is 23.9 Å². The minimum absolute atomic E-state index is 0.0138. The minimum atomic E-state index is -0.956.